The molecule has 30 heavy (non-hydrogen) atoms. The molecule has 0 bridgehead atoms. The normalized spacial score (nSPS) is 14.6. The molecule has 2 amide bonds. The number of amides is 2. The van der Waals surface area contributed by atoms with Crippen LogP contribution in [0.1, 0.15) is 35.0 Å². The van der Waals surface area contributed by atoms with Gasteiger partial charge in [-0.25, -0.2) is 4.98 Å². The smallest absolute Gasteiger partial charge is 0.255 e. The SMILES string of the molecule is COc1cc(C(=O)N2CCC(c3nc4ccccc4o3)CC2)ccc1OCC(N)=O. The van der Waals surface area contributed by atoms with Crippen LogP contribution in [0.25, 0.3) is 11.1 Å². The van der Waals surface area contributed by atoms with Crippen molar-refractivity contribution in [3.8, 4) is 11.5 Å². The quantitative estimate of drug-likeness (QED) is 0.671. The molecule has 1 saturated heterocycles. The maximum absolute atomic E-state index is 12.9. The largest absolute Gasteiger partial charge is 0.493 e. The lowest BCUT2D eigenvalue weighted by Gasteiger charge is -2.30. The van der Waals surface area contributed by atoms with Crippen LogP contribution in [-0.2, 0) is 4.79 Å². The van der Waals surface area contributed by atoms with Gasteiger partial charge < -0.3 is 24.5 Å². The molecule has 2 aromatic carbocycles. The summed E-state index contributed by atoms with van der Waals surface area (Å²) in [6.07, 6.45) is 1.57. The fourth-order valence-electron chi connectivity index (χ4n) is 3.65. The van der Waals surface area contributed by atoms with E-state index in [2.05, 4.69) is 4.98 Å². The van der Waals surface area contributed by atoms with Gasteiger partial charge in [0.15, 0.2) is 29.6 Å². The van der Waals surface area contributed by atoms with Gasteiger partial charge in [-0.05, 0) is 43.2 Å². The number of piperidine rings is 1. The lowest BCUT2D eigenvalue weighted by molar-refractivity contribution is -0.119. The number of hydrogen-bond acceptors (Lipinski definition) is 6. The van der Waals surface area contributed by atoms with Crippen molar-refractivity contribution < 1.29 is 23.5 Å². The summed E-state index contributed by atoms with van der Waals surface area (Å²) in [5, 5.41) is 0. The highest BCUT2D eigenvalue weighted by molar-refractivity contribution is 5.95. The Morgan fingerprint density at radius 1 is 1.17 bits per heavy atom. The van der Waals surface area contributed by atoms with Crippen LogP contribution in [0.2, 0.25) is 0 Å². The minimum absolute atomic E-state index is 0.0780. The van der Waals surface area contributed by atoms with E-state index >= 15 is 0 Å². The highest BCUT2D eigenvalue weighted by atomic mass is 16.5. The minimum atomic E-state index is -0.584. The Morgan fingerprint density at radius 2 is 1.93 bits per heavy atom. The second kappa shape index (κ2) is 8.44. The van der Waals surface area contributed by atoms with Gasteiger partial charge in [-0.1, -0.05) is 12.1 Å². The van der Waals surface area contributed by atoms with Gasteiger partial charge in [-0.2, -0.15) is 0 Å². The zero-order valence-electron chi connectivity index (χ0n) is 16.7. The van der Waals surface area contributed by atoms with E-state index in [1.54, 1.807) is 18.2 Å². The maximum Gasteiger partial charge on any atom is 0.255 e. The van der Waals surface area contributed by atoms with Crippen LogP contribution < -0.4 is 15.2 Å². The number of carbonyl (C=O) groups excluding carboxylic acids is 2. The molecule has 1 aromatic heterocycles. The van der Waals surface area contributed by atoms with Crippen LogP contribution in [0, 0.1) is 0 Å². The van der Waals surface area contributed by atoms with Crippen LogP contribution >= 0.6 is 0 Å². The van der Waals surface area contributed by atoms with E-state index in [0.29, 0.717) is 30.2 Å². The minimum Gasteiger partial charge on any atom is -0.493 e. The van der Waals surface area contributed by atoms with E-state index in [0.717, 1.165) is 29.8 Å². The number of carbonyl (C=O) groups is 2. The van der Waals surface area contributed by atoms with Crippen LogP contribution in [0.3, 0.4) is 0 Å². The first-order valence-electron chi connectivity index (χ1n) is 9.79. The van der Waals surface area contributed by atoms with Crippen molar-refractivity contribution in [2.45, 2.75) is 18.8 Å². The maximum atomic E-state index is 12.9. The van der Waals surface area contributed by atoms with Crippen LogP contribution in [0.4, 0.5) is 0 Å². The molecular formula is C22H23N3O5. The molecule has 0 atom stereocenters. The summed E-state index contributed by atoms with van der Waals surface area (Å²) in [4.78, 5) is 30.3. The first kappa shape index (κ1) is 19.8. The summed E-state index contributed by atoms with van der Waals surface area (Å²) in [6, 6.07) is 12.6. The van der Waals surface area contributed by atoms with Gasteiger partial charge in [0.05, 0.1) is 7.11 Å². The van der Waals surface area contributed by atoms with Gasteiger partial charge in [0.25, 0.3) is 11.8 Å². The fraction of sp³-hybridized carbons (Fsp3) is 0.318. The summed E-state index contributed by atoms with van der Waals surface area (Å²) in [5.74, 6) is 1.01. The number of para-hydroxylation sites is 2. The molecule has 0 aliphatic carbocycles. The molecule has 0 saturated carbocycles. The van der Waals surface area contributed by atoms with Crippen LogP contribution in [0.5, 0.6) is 11.5 Å². The third-order valence-electron chi connectivity index (χ3n) is 5.22. The molecule has 2 N–H and O–H groups in total. The molecule has 3 aromatic rings. The van der Waals surface area contributed by atoms with Gasteiger partial charge in [-0.15, -0.1) is 0 Å². The molecule has 8 heteroatoms. The monoisotopic (exact) mass is 409 g/mol. The zero-order chi connectivity index (χ0) is 21.1. The Balaban J connectivity index is 1.41. The number of fused-ring (bicyclic) bond motifs is 1. The molecule has 0 spiro atoms. The van der Waals surface area contributed by atoms with E-state index in [4.69, 9.17) is 19.6 Å². The molecule has 1 fully saturated rings. The van der Waals surface area contributed by atoms with E-state index in [1.807, 2.05) is 29.2 Å². The fourth-order valence-corrected chi connectivity index (χ4v) is 3.65. The highest BCUT2D eigenvalue weighted by Crippen LogP contribution is 2.32. The highest BCUT2D eigenvalue weighted by Gasteiger charge is 2.28. The van der Waals surface area contributed by atoms with Crippen molar-refractivity contribution in [1.29, 1.82) is 0 Å². The van der Waals surface area contributed by atoms with Crippen molar-refractivity contribution in [3.63, 3.8) is 0 Å². The number of hydrogen-bond donors (Lipinski definition) is 1. The summed E-state index contributed by atoms with van der Waals surface area (Å²) in [5.41, 5.74) is 7.25. The summed E-state index contributed by atoms with van der Waals surface area (Å²) in [6.45, 7) is 0.974. The van der Waals surface area contributed by atoms with E-state index in [9.17, 15) is 9.59 Å². The van der Waals surface area contributed by atoms with Gasteiger partial charge in [-0.3, -0.25) is 9.59 Å². The average Bonchev–Trinajstić information content (AvgIpc) is 3.21. The number of primary amides is 1. The number of methoxy groups -OCH3 is 1. The lowest BCUT2D eigenvalue weighted by Crippen LogP contribution is -2.38. The van der Waals surface area contributed by atoms with Gasteiger partial charge in [0, 0.05) is 24.6 Å². The molecule has 1 aliphatic rings. The molecule has 2 heterocycles. The first-order valence-corrected chi connectivity index (χ1v) is 9.79. The number of nitrogens with two attached hydrogens (primary N) is 1. The molecule has 1 aliphatic heterocycles. The molecule has 8 nitrogen and oxygen atoms in total. The third kappa shape index (κ3) is 4.07. The Kier molecular flexibility index (Phi) is 5.56. The Hall–Kier alpha value is -3.55. The molecule has 156 valence electrons. The van der Waals surface area contributed by atoms with E-state index < -0.39 is 5.91 Å². The van der Waals surface area contributed by atoms with Crippen LogP contribution in [0.15, 0.2) is 46.9 Å². The number of benzene rings is 2. The lowest BCUT2D eigenvalue weighted by atomic mass is 9.96. The predicted molar refractivity (Wildman–Crippen MR) is 110 cm³/mol. The Labute approximate surface area is 173 Å². The first-order chi connectivity index (χ1) is 14.5. The third-order valence-corrected chi connectivity index (χ3v) is 5.22. The van der Waals surface area contributed by atoms with Gasteiger partial charge in [0.1, 0.15) is 5.52 Å². The molecule has 4 rings (SSSR count). The summed E-state index contributed by atoms with van der Waals surface area (Å²) in [7, 11) is 1.48. The molecular weight excluding hydrogens is 386 g/mol. The van der Waals surface area contributed by atoms with Crippen molar-refractivity contribution in [3.05, 3.63) is 53.9 Å². The Bertz CT molecular complexity index is 1040. The number of aromatic nitrogens is 1. The van der Waals surface area contributed by atoms with Gasteiger partial charge >= 0.3 is 0 Å². The van der Waals surface area contributed by atoms with Crippen molar-refractivity contribution in [2.24, 2.45) is 5.73 Å². The van der Waals surface area contributed by atoms with E-state index in [1.165, 1.54) is 7.11 Å². The van der Waals surface area contributed by atoms with Crippen molar-refractivity contribution >= 4 is 22.9 Å². The number of nitrogens with zero attached hydrogens (tertiary/aromatic N) is 2. The number of rotatable bonds is 6. The average molecular weight is 409 g/mol. The van der Waals surface area contributed by atoms with E-state index in [-0.39, 0.29) is 18.4 Å². The number of ether oxygens (including phenoxy) is 2. The standard InChI is InChI=1S/C22H23N3O5/c1-28-19-12-15(6-7-18(19)29-13-20(23)26)22(27)25-10-8-14(9-11-25)21-24-16-4-2-3-5-17(16)30-21/h2-7,12,14H,8-11,13H2,1H3,(H2,23,26). The van der Waals surface area contributed by atoms with Gasteiger partial charge in [0.2, 0.25) is 0 Å². The molecule has 0 unspecified atom stereocenters. The number of likely N-dealkylation sites (tertiary alicyclic amines) is 1. The summed E-state index contributed by atoms with van der Waals surface area (Å²) < 4.78 is 16.5. The Morgan fingerprint density at radius 3 is 2.63 bits per heavy atom. The van der Waals surface area contributed by atoms with Crippen molar-refractivity contribution in [2.75, 3.05) is 26.8 Å². The summed E-state index contributed by atoms with van der Waals surface area (Å²) >= 11 is 0. The topological polar surface area (TPSA) is 108 Å². The second-order valence-corrected chi connectivity index (χ2v) is 7.21. The second-order valence-electron chi connectivity index (χ2n) is 7.21. The zero-order valence-corrected chi connectivity index (χ0v) is 16.7. The predicted octanol–water partition coefficient (Wildman–Crippen LogP) is 2.72. The van der Waals surface area contributed by atoms with Crippen LogP contribution in [-0.4, -0.2) is 48.5 Å². The molecule has 0 radical (unpaired) electrons. The number of oxazole rings is 1. The van der Waals surface area contributed by atoms with Crippen molar-refractivity contribution in [1.82, 2.24) is 9.88 Å².